The van der Waals surface area contributed by atoms with Crippen LogP contribution in [-0.4, -0.2) is 10.5 Å². The van der Waals surface area contributed by atoms with Crippen LogP contribution in [0, 0.1) is 5.82 Å². The summed E-state index contributed by atoms with van der Waals surface area (Å²) in [5, 5.41) is 0. The lowest BCUT2D eigenvalue weighted by Crippen LogP contribution is -2.11. The first-order valence-corrected chi connectivity index (χ1v) is 4.88. The Hall–Kier alpha value is -1.94. The Morgan fingerprint density at radius 2 is 2.06 bits per heavy atom. The molecule has 0 fully saturated rings. The summed E-state index contributed by atoms with van der Waals surface area (Å²) in [6.07, 6.45) is 3.19. The fraction of sp³-hybridized carbons (Fsp3) is 0.0833. The maximum Gasteiger partial charge on any atom is 0.264 e. The number of carbonyl (C=O) groups excluding carboxylic acids is 1. The predicted molar refractivity (Wildman–Crippen MR) is 58.5 cm³/mol. The van der Waals surface area contributed by atoms with Crippen molar-refractivity contribution in [1.29, 1.82) is 0 Å². The molecule has 2 aromatic rings. The first kappa shape index (κ1) is 10.6. The molecular formula is C12H11FN2O. The Morgan fingerprint density at radius 1 is 1.31 bits per heavy atom. The lowest BCUT2D eigenvalue weighted by Gasteiger charge is -2.02. The Morgan fingerprint density at radius 3 is 2.69 bits per heavy atom. The van der Waals surface area contributed by atoms with Crippen LogP contribution in [0.3, 0.4) is 0 Å². The van der Waals surface area contributed by atoms with Crippen molar-refractivity contribution < 1.29 is 9.18 Å². The highest BCUT2D eigenvalue weighted by molar-refractivity contribution is 5.96. The quantitative estimate of drug-likeness (QED) is 0.835. The van der Waals surface area contributed by atoms with Crippen molar-refractivity contribution in [3.05, 3.63) is 59.7 Å². The Kier molecular flexibility index (Phi) is 2.83. The summed E-state index contributed by atoms with van der Waals surface area (Å²) in [6, 6.07) is 7.63. The summed E-state index contributed by atoms with van der Waals surface area (Å²) in [7, 11) is 0. The summed E-state index contributed by atoms with van der Waals surface area (Å²) >= 11 is 0. The average Bonchev–Trinajstić information content (AvgIpc) is 2.77. The van der Waals surface area contributed by atoms with Gasteiger partial charge in [0.1, 0.15) is 5.82 Å². The van der Waals surface area contributed by atoms with Crippen LogP contribution < -0.4 is 5.73 Å². The molecule has 0 radical (unpaired) electrons. The first-order valence-electron chi connectivity index (χ1n) is 4.88. The van der Waals surface area contributed by atoms with Gasteiger partial charge in [-0.3, -0.25) is 9.36 Å². The highest BCUT2D eigenvalue weighted by Gasteiger charge is 2.12. The van der Waals surface area contributed by atoms with E-state index in [1.54, 1.807) is 30.6 Å². The number of aromatic nitrogens is 1. The largest absolute Gasteiger partial charge is 0.326 e. The molecular weight excluding hydrogens is 207 g/mol. The van der Waals surface area contributed by atoms with E-state index in [4.69, 9.17) is 5.73 Å². The maximum atomic E-state index is 13.4. The van der Waals surface area contributed by atoms with Crippen LogP contribution in [0.5, 0.6) is 0 Å². The number of hydrogen-bond donors (Lipinski definition) is 1. The fourth-order valence-electron chi connectivity index (χ4n) is 1.46. The number of halogens is 1. The standard InChI is InChI=1S/C12H11FN2O/c13-11-4-2-1-3-10(11)12(16)15-6-5-9(7-14)8-15/h1-6,8H,7,14H2. The van der Waals surface area contributed by atoms with Gasteiger partial charge >= 0.3 is 0 Å². The Balaban J connectivity index is 2.35. The van der Waals surface area contributed by atoms with Gasteiger partial charge in [-0.2, -0.15) is 0 Å². The number of benzene rings is 1. The summed E-state index contributed by atoms with van der Waals surface area (Å²) in [6.45, 7) is 0.359. The predicted octanol–water partition coefficient (Wildman–Crippen LogP) is 1.77. The molecule has 0 saturated heterocycles. The Bertz CT molecular complexity index is 519. The van der Waals surface area contributed by atoms with Crippen molar-refractivity contribution in [3.8, 4) is 0 Å². The molecule has 0 atom stereocenters. The molecule has 0 saturated carbocycles. The van der Waals surface area contributed by atoms with Gasteiger partial charge in [0.05, 0.1) is 5.56 Å². The van der Waals surface area contributed by atoms with Gasteiger partial charge in [-0.15, -0.1) is 0 Å². The Labute approximate surface area is 92.3 Å². The highest BCUT2D eigenvalue weighted by atomic mass is 19.1. The zero-order valence-electron chi connectivity index (χ0n) is 8.56. The minimum Gasteiger partial charge on any atom is -0.326 e. The van der Waals surface area contributed by atoms with Crippen LogP contribution in [0.4, 0.5) is 4.39 Å². The molecule has 4 heteroatoms. The lowest BCUT2D eigenvalue weighted by atomic mass is 10.2. The molecule has 0 unspecified atom stereocenters. The van der Waals surface area contributed by atoms with E-state index in [0.29, 0.717) is 6.54 Å². The number of rotatable bonds is 2. The molecule has 0 amide bonds. The SMILES string of the molecule is NCc1ccn(C(=O)c2ccccc2F)c1. The summed E-state index contributed by atoms with van der Waals surface area (Å²) < 4.78 is 14.7. The number of nitrogens with two attached hydrogens (primary N) is 1. The van der Waals surface area contributed by atoms with Gasteiger partial charge in [0.2, 0.25) is 0 Å². The molecule has 0 aliphatic heterocycles. The third kappa shape index (κ3) is 1.87. The minimum atomic E-state index is -0.518. The summed E-state index contributed by atoms with van der Waals surface area (Å²) in [5.41, 5.74) is 6.33. The van der Waals surface area contributed by atoms with Crippen molar-refractivity contribution in [2.24, 2.45) is 5.73 Å². The van der Waals surface area contributed by atoms with Gasteiger partial charge in [0, 0.05) is 18.9 Å². The van der Waals surface area contributed by atoms with Crippen LogP contribution in [0.15, 0.2) is 42.7 Å². The van der Waals surface area contributed by atoms with Gasteiger partial charge in [-0.25, -0.2) is 4.39 Å². The van der Waals surface area contributed by atoms with E-state index in [0.717, 1.165) is 5.56 Å². The third-order valence-corrected chi connectivity index (χ3v) is 2.33. The molecule has 2 rings (SSSR count). The van der Waals surface area contributed by atoms with Crippen LogP contribution in [0.1, 0.15) is 15.9 Å². The van der Waals surface area contributed by atoms with Gasteiger partial charge in [-0.1, -0.05) is 12.1 Å². The molecule has 0 spiro atoms. The maximum absolute atomic E-state index is 13.4. The van der Waals surface area contributed by atoms with E-state index in [-0.39, 0.29) is 5.56 Å². The van der Waals surface area contributed by atoms with Crippen LogP contribution in [0.2, 0.25) is 0 Å². The minimum absolute atomic E-state index is 0.0571. The smallest absolute Gasteiger partial charge is 0.264 e. The van der Waals surface area contributed by atoms with Gasteiger partial charge in [0.15, 0.2) is 0 Å². The van der Waals surface area contributed by atoms with E-state index in [2.05, 4.69) is 0 Å². The molecule has 16 heavy (non-hydrogen) atoms. The van der Waals surface area contributed by atoms with Gasteiger partial charge < -0.3 is 5.73 Å². The molecule has 0 aliphatic rings. The molecule has 1 heterocycles. The third-order valence-electron chi connectivity index (χ3n) is 2.33. The second-order valence-electron chi connectivity index (χ2n) is 3.42. The molecule has 1 aromatic carbocycles. The van der Waals surface area contributed by atoms with Crippen molar-refractivity contribution in [2.75, 3.05) is 0 Å². The van der Waals surface area contributed by atoms with Crippen molar-refractivity contribution in [2.45, 2.75) is 6.54 Å². The van der Waals surface area contributed by atoms with Crippen LogP contribution in [-0.2, 0) is 6.54 Å². The van der Waals surface area contributed by atoms with Crippen molar-refractivity contribution in [1.82, 2.24) is 4.57 Å². The second kappa shape index (κ2) is 4.28. The molecule has 1 aromatic heterocycles. The van der Waals surface area contributed by atoms with E-state index >= 15 is 0 Å². The molecule has 0 aliphatic carbocycles. The molecule has 3 nitrogen and oxygen atoms in total. The lowest BCUT2D eigenvalue weighted by molar-refractivity contribution is 0.0956. The van der Waals surface area contributed by atoms with Crippen LogP contribution >= 0.6 is 0 Å². The monoisotopic (exact) mass is 218 g/mol. The zero-order valence-corrected chi connectivity index (χ0v) is 8.56. The highest BCUT2D eigenvalue weighted by Crippen LogP contribution is 2.10. The van der Waals surface area contributed by atoms with E-state index in [1.807, 2.05) is 0 Å². The molecule has 2 N–H and O–H groups in total. The van der Waals surface area contributed by atoms with Crippen molar-refractivity contribution in [3.63, 3.8) is 0 Å². The molecule has 0 bridgehead atoms. The second-order valence-corrected chi connectivity index (χ2v) is 3.42. The van der Waals surface area contributed by atoms with Gasteiger partial charge in [0.25, 0.3) is 5.91 Å². The topological polar surface area (TPSA) is 48.0 Å². The van der Waals surface area contributed by atoms with E-state index in [1.165, 1.54) is 16.7 Å². The van der Waals surface area contributed by atoms with E-state index in [9.17, 15) is 9.18 Å². The first-order chi connectivity index (χ1) is 7.72. The summed E-state index contributed by atoms with van der Waals surface area (Å²) in [4.78, 5) is 11.9. The zero-order chi connectivity index (χ0) is 11.5. The number of hydrogen-bond acceptors (Lipinski definition) is 2. The average molecular weight is 218 g/mol. The van der Waals surface area contributed by atoms with E-state index < -0.39 is 11.7 Å². The van der Waals surface area contributed by atoms with Crippen molar-refractivity contribution >= 4 is 5.91 Å². The fourth-order valence-corrected chi connectivity index (χ4v) is 1.46. The van der Waals surface area contributed by atoms with Crippen LogP contribution in [0.25, 0.3) is 0 Å². The number of carbonyl (C=O) groups is 1. The molecule has 82 valence electrons. The summed E-state index contributed by atoms with van der Waals surface area (Å²) in [5.74, 6) is -0.909. The normalized spacial score (nSPS) is 10.4. The van der Waals surface area contributed by atoms with Gasteiger partial charge in [-0.05, 0) is 23.8 Å². The number of nitrogens with zero attached hydrogens (tertiary/aromatic N) is 1.